The fourth-order valence-electron chi connectivity index (χ4n) is 1.15. The van der Waals surface area contributed by atoms with Crippen molar-refractivity contribution in [1.82, 2.24) is 0 Å². The summed E-state index contributed by atoms with van der Waals surface area (Å²) in [6, 6.07) is 5.80. The first-order valence-corrected chi connectivity index (χ1v) is 6.41. The molecule has 1 rings (SSSR count). The molecule has 0 unspecified atom stereocenters. The third-order valence-corrected chi connectivity index (χ3v) is 3.55. The van der Waals surface area contributed by atoms with E-state index < -0.39 is 21.1 Å². The van der Waals surface area contributed by atoms with Gasteiger partial charge in [-0.2, -0.15) is 5.26 Å². The first kappa shape index (κ1) is 13.4. The zero-order valence-electron chi connectivity index (χ0n) is 9.14. The van der Waals surface area contributed by atoms with Gasteiger partial charge in [0.1, 0.15) is 17.4 Å². The molecule has 0 aromatic heterocycles. The SMILES string of the molecule is C[C@@H](CNc1cccc(F)c1C#N)S(N)(=O)=O. The second-order valence-electron chi connectivity index (χ2n) is 3.55. The van der Waals surface area contributed by atoms with Gasteiger partial charge in [0, 0.05) is 6.54 Å². The Morgan fingerprint density at radius 3 is 2.76 bits per heavy atom. The minimum Gasteiger partial charge on any atom is -0.383 e. The van der Waals surface area contributed by atoms with Gasteiger partial charge in [-0.3, -0.25) is 0 Å². The van der Waals surface area contributed by atoms with Crippen molar-refractivity contribution >= 4 is 15.7 Å². The molecular weight excluding hydrogens is 245 g/mol. The van der Waals surface area contributed by atoms with E-state index in [9.17, 15) is 12.8 Å². The van der Waals surface area contributed by atoms with E-state index in [1.807, 2.05) is 0 Å². The van der Waals surface area contributed by atoms with Crippen molar-refractivity contribution in [2.75, 3.05) is 11.9 Å². The summed E-state index contributed by atoms with van der Waals surface area (Å²) in [6.45, 7) is 1.44. The van der Waals surface area contributed by atoms with Gasteiger partial charge in [-0.05, 0) is 19.1 Å². The molecule has 5 nitrogen and oxygen atoms in total. The van der Waals surface area contributed by atoms with E-state index in [1.165, 1.54) is 19.1 Å². The smallest absolute Gasteiger partial charge is 0.213 e. The summed E-state index contributed by atoms with van der Waals surface area (Å²) in [5.74, 6) is -0.652. The minimum atomic E-state index is -3.64. The van der Waals surface area contributed by atoms with Crippen LogP contribution in [0.3, 0.4) is 0 Å². The summed E-state index contributed by atoms with van der Waals surface area (Å²) >= 11 is 0. The van der Waals surface area contributed by atoms with Crippen molar-refractivity contribution in [3.63, 3.8) is 0 Å². The lowest BCUT2D eigenvalue weighted by Gasteiger charge is -2.12. The maximum absolute atomic E-state index is 13.2. The molecule has 3 N–H and O–H groups in total. The summed E-state index contributed by atoms with van der Waals surface area (Å²) in [5, 5.41) is 15.6. The molecule has 1 aromatic carbocycles. The van der Waals surface area contributed by atoms with Gasteiger partial charge >= 0.3 is 0 Å². The maximum atomic E-state index is 13.2. The number of sulfonamides is 1. The molecule has 0 saturated heterocycles. The zero-order chi connectivity index (χ0) is 13.1. The van der Waals surface area contributed by atoms with Gasteiger partial charge in [-0.15, -0.1) is 0 Å². The molecule has 0 saturated carbocycles. The molecule has 0 spiro atoms. The molecule has 0 radical (unpaired) electrons. The first-order chi connectivity index (χ1) is 7.86. The monoisotopic (exact) mass is 257 g/mol. The Kier molecular flexibility index (Phi) is 4.04. The lowest BCUT2D eigenvalue weighted by Crippen LogP contribution is -2.32. The Balaban J connectivity index is 2.85. The average Bonchev–Trinajstić information content (AvgIpc) is 2.24. The number of primary sulfonamides is 1. The zero-order valence-corrected chi connectivity index (χ0v) is 9.96. The Bertz CT molecular complexity index is 551. The van der Waals surface area contributed by atoms with Crippen LogP contribution in [0.2, 0.25) is 0 Å². The van der Waals surface area contributed by atoms with Gasteiger partial charge in [-0.1, -0.05) is 6.07 Å². The Morgan fingerprint density at radius 2 is 2.24 bits per heavy atom. The van der Waals surface area contributed by atoms with Gasteiger partial charge in [0.25, 0.3) is 0 Å². The van der Waals surface area contributed by atoms with Gasteiger partial charge in [0.2, 0.25) is 10.0 Å². The van der Waals surface area contributed by atoms with Crippen LogP contribution in [0.4, 0.5) is 10.1 Å². The number of rotatable bonds is 4. The Labute approximate surface area is 99.1 Å². The van der Waals surface area contributed by atoms with Gasteiger partial charge < -0.3 is 5.32 Å². The van der Waals surface area contributed by atoms with Gasteiger partial charge in [0.15, 0.2) is 0 Å². The number of nitrogens with one attached hydrogen (secondary N) is 1. The molecule has 0 aliphatic carbocycles. The molecule has 0 aliphatic heterocycles. The van der Waals surface area contributed by atoms with Crippen LogP contribution in [0.1, 0.15) is 12.5 Å². The number of benzene rings is 1. The molecule has 1 atom stereocenters. The average molecular weight is 257 g/mol. The fourth-order valence-corrected chi connectivity index (χ4v) is 1.47. The van der Waals surface area contributed by atoms with E-state index in [4.69, 9.17) is 10.4 Å². The lowest BCUT2D eigenvalue weighted by molar-refractivity contribution is 0.587. The van der Waals surface area contributed by atoms with Crippen LogP contribution >= 0.6 is 0 Å². The highest BCUT2D eigenvalue weighted by Crippen LogP contribution is 2.17. The predicted molar refractivity (Wildman–Crippen MR) is 62.2 cm³/mol. The summed E-state index contributed by atoms with van der Waals surface area (Å²) in [5.41, 5.74) is 0.108. The number of halogens is 1. The first-order valence-electron chi connectivity index (χ1n) is 4.80. The standard InChI is InChI=1S/C10H12FN3O2S/c1-7(17(13,15)16)6-14-10-4-2-3-9(11)8(10)5-12/h2-4,7,14H,6H2,1H3,(H2,13,15,16)/t7-/m0/s1. The normalized spacial score (nSPS) is 12.8. The fraction of sp³-hybridized carbons (Fsp3) is 0.300. The number of nitrogens with two attached hydrogens (primary N) is 1. The largest absolute Gasteiger partial charge is 0.383 e. The molecule has 0 aliphatic rings. The number of anilines is 1. The maximum Gasteiger partial charge on any atom is 0.213 e. The molecule has 17 heavy (non-hydrogen) atoms. The van der Waals surface area contributed by atoms with Gasteiger partial charge in [-0.25, -0.2) is 17.9 Å². The Hall–Kier alpha value is -1.65. The number of nitrogens with zero attached hydrogens (tertiary/aromatic N) is 1. The van der Waals surface area contributed by atoms with Crippen LogP contribution in [-0.4, -0.2) is 20.2 Å². The van der Waals surface area contributed by atoms with E-state index in [2.05, 4.69) is 5.32 Å². The van der Waals surface area contributed by atoms with Crippen LogP contribution in [0.15, 0.2) is 18.2 Å². The molecule has 0 heterocycles. The minimum absolute atomic E-state index is 0.0109. The van der Waals surface area contributed by atoms with Crippen molar-refractivity contribution in [2.24, 2.45) is 5.14 Å². The third-order valence-electron chi connectivity index (χ3n) is 2.27. The topological polar surface area (TPSA) is 96.0 Å². The van der Waals surface area contributed by atoms with E-state index in [0.717, 1.165) is 6.07 Å². The van der Waals surface area contributed by atoms with E-state index >= 15 is 0 Å². The van der Waals surface area contributed by atoms with Crippen molar-refractivity contribution < 1.29 is 12.8 Å². The molecule has 1 aromatic rings. The third kappa shape index (κ3) is 3.41. The molecular formula is C10H12FN3O2S. The molecule has 92 valence electrons. The highest BCUT2D eigenvalue weighted by atomic mass is 32.2. The summed E-state index contributed by atoms with van der Waals surface area (Å²) in [7, 11) is -3.64. The van der Waals surface area contributed by atoms with Crippen LogP contribution in [-0.2, 0) is 10.0 Å². The second kappa shape index (κ2) is 5.12. The summed E-state index contributed by atoms with van der Waals surface area (Å²) in [4.78, 5) is 0. The molecule has 0 amide bonds. The molecule has 7 heteroatoms. The quantitative estimate of drug-likeness (QED) is 0.833. The summed E-state index contributed by atoms with van der Waals surface area (Å²) in [6.07, 6.45) is 0. The van der Waals surface area contributed by atoms with Crippen molar-refractivity contribution in [3.8, 4) is 6.07 Å². The van der Waals surface area contributed by atoms with Crippen LogP contribution in [0, 0.1) is 17.1 Å². The number of nitriles is 1. The second-order valence-corrected chi connectivity index (χ2v) is 5.54. The molecule has 0 fully saturated rings. The van der Waals surface area contributed by atoms with Crippen molar-refractivity contribution in [1.29, 1.82) is 5.26 Å². The van der Waals surface area contributed by atoms with Crippen molar-refractivity contribution in [3.05, 3.63) is 29.6 Å². The van der Waals surface area contributed by atoms with E-state index in [0.29, 0.717) is 0 Å². The number of hydrogen-bond donors (Lipinski definition) is 2. The number of hydrogen-bond acceptors (Lipinski definition) is 4. The van der Waals surface area contributed by atoms with Crippen LogP contribution in [0.25, 0.3) is 0 Å². The summed E-state index contributed by atoms with van der Waals surface area (Å²) < 4.78 is 35.1. The predicted octanol–water partition coefficient (Wildman–Crippen LogP) is 0.786. The van der Waals surface area contributed by atoms with Crippen LogP contribution < -0.4 is 10.5 Å². The van der Waals surface area contributed by atoms with E-state index in [1.54, 1.807) is 6.07 Å². The highest BCUT2D eigenvalue weighted by Gasteiger charge is 2.16. The highest BCUT2D eigenvalue weighted by molar-refractivity contribution is 7.89. The van der Waals surface area contributed by atoms with Crippen LogP contribution in [0.5, 0.6) is 0 Å². The lowest BCUT2D eigenvalue weighted by atomic mass is 10.2. The van der Waals surface area contributed by atoms with Crippen molar-refractivity contribution in [2.45, 2.75) is 12.2 Å². The Morgan fingerprint density at radius 1 is 1.59 bits per heavy atom. The molecule has 0 bridgehead atoms. The van der Waals surface area contributed by atoms with Gasteiger partial charge in [0.05, 0.1) is 10.9 Å². The van der Waals surface area contributed by atoms with E-state index in [-0.39, 0.29) is 17.8 Å².